The summed E-state index contributed by atoms with van der Waals surface area (Å²) in [6.45, 7) is 5.96. The van der Waals surface area contributed by atoms with Crippen LogP contribution < -0.4 is 10.9 Å². The van der Waals surface area contributed by atoms with E-state index >= 15 is 0 Å². The fourth-order valence-corrected chi connectivity index (χ4v) is 3.60. The van der Waals surface area contributed by atoms with Crippen molar-refractivity contribution in [2.75, 3.05) is 5.32 Å². The zero-order chi connectivity index (χ0) is 18.0. The minimum absolute atomic E-state index is 0.0495. The van der Waals surface area contributed by atoms with E-state index in [9.17, 15) is 9.59 Å². The van der Waals surface area contributed by atoms with E-state index in [1.165, 1.54) is 27.5 Å². The number of hydrogen-bond donors (Lipinski definition) is 1. The summed E-state index contributed by atoms with van der Waals surface area (Å²) in [6.07, 6.45) is 4.69. The Hall–Kier alpha value is -2.47. The molecule has 1 amide bonds. The summed E-state index contributed by atoms with van der Waals surface area (Å²) in [5, 5.41) is 2.78. The average Bonchev–Trinajstić information content (AvgIpc) is 2.89. The smallest absolute Gasteiger partial charge is 0.271 e. The molecule has 0 aliphatic heterocycles. The van der Waals surface area contributed by atoms with E-state index in [2.05, 4.69) is 17.2 Å². The van der Waals surface area contributed by atoms with Crippen molar-refractivity contribution >= 4 is 27.9 Å². The van der Waals surface area contributed by atoms with E-state index in [-0.39, 0.29) is 11.1 Å². The summed E-state index contributed by atoms with van der Waals surface area (Å²) in [5.41, 5.74) is 2.46. The van der Waals surface area contributed by atoms with Gasteiger partial charge < -0.3 is 5.32 Å². The summed E-state index contributed by atoms with van der Waals surface area (Å²) < 4.78 is 1.50. The highest BCUT2D eigenvalue weighted by molar-refractivity contribution is 7.17. The van der Waals surface area contributed by atoms with Crippen LogP contribution in [-0.4, -0.2) is 15.3 Å². The third kappa shape index (κ3) is 3.49. The maximum Gasteiger partial charge on any atom is 0.271 e. The van der Waals surface area contributed by atoms with Crippen molar-refractivity contribution in [3.8, 4) is 0 Å². The number of hydrogen-bond acceptors (Lipinski definition) is 4. The van der Waals surface area contributed by atoms with Crippen LogP contribution in [0, 0.1) is 13.8 Å². The van der Waals surface area contributed by atoms with Gasteiger partial charge in [-0.2, -0.15) is 0 Å². The normalized spacial score (nSPS) is 11.0. The number of aromatic nitrogens is 2. The molecule has 3 rings (SSSR count). The molecule has 2 aromatic heterocycles. The molecule has 2 heterocycles. The van der Waals surface area contributed by atoms with Gasteiger partial charge in [0.05, 0.1) is 0 Å². The van der Waals surface area contributed by atoms with Gasteiger partial charge in [0.2, 0.25) is 0 Å². The molecule has 1 N–H and O–H groups in total. The maximum absolute atomic E-state index is 12.6. The van der Waals surface area contributed by atoms with Crippen molar-refractivity contribution in [2.45, 2.75) is 40.0 Å². The highest BCUT2D eigenvalue weighted by atomic mass is 32.1. The number of amides is 1. The Morgan fingerprint density at radius 1 is 1.24 bits per heavy atom. The lowest BCUT2D eigenvalue weighted by atomic mass is 10.1. The predicted octanol–water partition coefficient (Wildman–Crippen LogP) is 3.97. The van der Waals surface area contributed by atoms with Gasteiger partial charge in [-0.1, -0.05) is 25.5 Å². The zero-order valence-corrected chi connectivity index (χ0v) is 15.4. The molecule has 0 unspecified atom stereocenters. The molecule has 0 aliphatic carbocycles. The average molecular weight is 355 g/mol. The number of unbranched alkanes of at least 4 members (excludes halogenated alkanes) is 1. The molecule has 0 spiro atoms. The fourth-order valence-electron chi connectivity index (χ4n) is 2.67. The van der Waals surface area contributed by atoms with Crippen LogP contribution in [0.5, 0.6) is 0 Å². The van der Waals surface area contributed by atoms with Crippen LogP contribution in [0.2, 0.25) is 0 Å². The Morgan fingerprint density at radius 2 is 1.96 bits per heavy atom. The van der Waals surface area contributed by atoms with Crippen LogP contribution in [-0.2, 0) is 6.42 Å². The Morgan fingerprint density at radius 3 is 2.64 bits per heavy atom. The van der Waals surface area contributed by atoms with E-state index in [1.807, 2.05) is 38.1 Å². The van der Waals surface area contributed by atoms with Gasteiger partial charge in [-0.3, -0.25) is 14.0 Å². The molecule has 1 aromatic carbocycles. The molecule has 0 fully saturated rings. The first-order chi connectivity index (χ1) is 12.0. The van der Waals surface area contributed by atoms with Crippen molar-refractivity contribution in [1.29, 1.82) is 0 Å². The number of benzene rings is 1. The van der Waals surface area contributed by atoms with Gasteiger partial charge in [0.1, 0.15) is 5.56 Å². The minimum atomic E-state index is -0.434. The Balaban J connectivity index is 1.84. The number of carbonyl (C=O) groups is 1. The Labute approximate surface area is 150 Å². The van der Waals surface area contributed by atoms with Crippen molar-refractivity contribution in [3.63, 3.8) is 0 Å². The number of anilines is 1. The first-order valence-corrected chi connectivity index (χ1v) is 9.21. The summed E-state index contributed by atoms with van der Waals surface area (Å²) in [5.74, 6) is -0.434. The quantitative estimate of drug-likeness (QED) is 0.753. The highest BCUT2D eigenvalue weighted by Gasteiger charge is 2.16. The van der Waals surface area contributed by atoms with Gasteiger partial charge in [-0.05, 0) is 44.4 Å². The van der Waals surface area contributed by atoms with Crippen molar-refractivity contribution in [3.05, 3.63) is 62.5 Å². The van der Waals surface area contributed by atoms with Crippen molar-refractivity contribution in [2.24, 2.45) is 0 Å². The highest BCUT2D eigenvalue weighted by Crippen LogP contribution is 2.18. The van der Waals surface area contributed by atoms with Gasteiger partial charge in [-0.25, -0.2) is 4.98 Å². The summed E-state index contributed by atoms with van der Waals surface area (Å²) >= 11 is 1.45. The molecule has 3 aromatic rings. The number of thiazole rings is 1. The molecule has 5 nitrogen and oxygen atoms in total. The van der Waals surface area contributed by atoms with Gasteiger partial charge in [0.15, 0.2) is 4.96 Å². The summed E-state index contributed by atoms with van der Waals surface area (Å²) in [6, 6.07) is 7.75. The van der Waals surface area contributed by atoms with Crippen LogP contribution in [0.1, 0.15) is 46.3 Å². The van der Waals surface area contributed by atoms with Crippen LogP contribution >= 0.6 is 11.3 Å². The maximum atomic E-state index is 12.6. The Bertz CT molecular complexity index is 971. The minimum Gasteiger partial charge on any atom is -0.322 e. The lowest BCUT2D eigenvalue weighted by molar-refractivity contribution is 0.102. The monoisotopic (exact) mass is 355 g/mol. The number of aryl methyl sites for hydroxylation is 3. The first kappa shape index (κ1) is 17.4. The summed E-state index contributed by atoms with van der Waals surface area (Å²) in [4.78, 5) is 31.0. The Kier molecular flexibility index (Phi) is 4.99. The van der Waals surface area contributed by atoms with Crippen LogP contribution in [0.4, 0.5) is 5.69 Å². The second-order valence-electron chi connectivity index (χ2n) is 6.09. The van der Waals surface area contributed by atoms with Crippen LogP contribution in [0.3, 0.4) is 0 Å². The molecule has 25 heavy (non-hydrogen) atoms. The topological polar surface area (TPSA) is 63.5 Å². The van der Waals surface area contributed by atoms with Gasteiger partial charge in [0, 0.05) is 22.5 Å². The molecule has 0 saturated carbocycles. The lowest BCUT2D eigenvalue weighted by Gasteiger charge is -2.07. The molecule has 130 valence electrons. The van der Waals surface area contributed by atoms with E-state index in [0.717, 1.165) is 29.8 Å². The molecule has 6 heteroatoms. The van der Waals surface area contributed by atoms with E-state index in [4.69, 9.17) is 0 Å². The number of fused-ring (bicyclic) bond motifs is 1. The lowest BCUT2D eigenvalue weighted by Crippen LogP contribution is -2.26. The fraction of sp³-hybridized carbons (Fsp3) is 0.316. The van der Waals surface area contributed by atoms with Gasteiger partial charge >= 0.3 is 0 Å². The molecule has 0 atom stereocenters. The first-order valence-electron chi connectivity index (χ1n) is 8.39. The second-order valence-corrected chi connectivity index (χ2v) is 7.27. The van der Waals surface area contributed by atoms with Crippen molar-refractivity contribution in [1.82, 2.24) is 9.38 Å². The van der Waals surface area contributed by atoms with E-state index in [1.54, 1.807) is 0 Å². The molecule has 0 bridgehead atoms. The third-order valence-electron chi connectivity index (χ3n) is 4.29. The largest absolute Gasteiger partial charge is 0.322 e. The van der Waals surface area contributed by atoms with Crippen LogP contribution in [0.25, 0.3) is 4.96 Å². The van der Waals surface area contributed by atoms with E-state index in [0.29, 0.717) is 10.6 Å². The standard InChI is InChI=1S/C19H21N3O2S/c1-4-5-6-14-7-9-15(10-8-14)21-17(23)16-11-20-19-22(18(16)24)12(2)13(3)25-19/h7-11H,4-6H2,1-3H3,(H,21,23). The number of nitrogens with zero attached hydrogens (tertiary/aromatic N) is 2. The zero-order valence-electron chi connectivity index (χ0n) is 14.6. The second kappa shape index (κ2) is 7.19. The molecule has 0 saturated heterocycles. The number of nitrogens with one attached hydrogen (secondary N) is 1. The molecular weight excluding hydrogens is 334 g/mol. The third-order valence-corrected chi connectivity index (χ3v) is 5.37. The van der Waals surface area contributed by atoms with Gasteiger partial charge in [-0.15, -0.1) is 11.3 Å². The number of rotatable bonds is 5. The van der Waals surface area contributed by atoms with Crippen LogP contribution in [0.15, 0.2) is 35.3 Å². The predicted molar refractivity (Wildman–Crippen MR) is 102 cm³/mol. The van der Waals surface area contributed by atoms with Gasteiger partial charge in [0.25, 0.3) is 11.5 Å². The number of carbonyl (C=O) groups excluding carboxylic acids is 1. The molecular formula is C19H21N3O2S. The molecule has 0 radical (unpaired) electrons. The van der Waals surface area contributed by atoms with E-state index < -0.39 is 5.91 Å². The van der Waals surface area contributed by atoms with Crippen molar-refractivity contribution < 1.29 is 4.79 Å². The SMILES string of the molecule is CCCCc1ccc(NC(=O)c2cnc3sc(C)c(C)n3c2=O)cc1. The summed E-state index contributed by atoms with van der Waals surface area (Å²) in [7, 11) is 0. The molecule has 0 aliphatic rings.